The smallest absolute Gasteiger partial charge is 0.277 e. The van der Waals surface area contributed by atoms with Crippen LogP contribution in [0.5, 0.6) is 5.75 Å². The van der Waals surface area contributed by atoms with Gasteiger partial charge in [0, 0.05) is 20.2 Å². The van der Waals surface area contributed by atoms with Crippen molar-refractivity contribution in [3.63, 3.8) is 0 Å². The summed E-state index contributed by atoms with van der Waals surface area (Å²) in [4.78, 5) is 32.0. The molecule has 0 aliphatic heterocycles. The lowest BCUT2D eigenvalue weighted by atomic mass is 10.1. The molecule has 33 heavy (non-hydrogen) atoms. The van der Waals surface area contributed by atoms with Gasteiger partial charge in [0.25, 0.3) is 5.56 Å². The van der Waals surface area contributed by atoms with Gasteiger partial charge in [-0.25, -0.2) is 9.97 Å². The molecule has 1 fully saturated rings. The van der Waals surface area contributed by atoms with E-state index in [9.17, 15) is 9.59 Å². The third kappa shape index (κ3) is 4.71. The summed E-state index contributed by atoms with van der Waals surface area (Å²) in [5, 5.41) is 13.3. The molecule has 0 atom stereocenters. The maximum Gasteiger partial charge on any atom is 0.277 e. The van der Waals surface area contributed by atoms with Gasteiger partial charge in [-0.1, -0.05) is 25.8 Å². The second-order valence-electron chi connectivity index (χ2n) is 7.95. The summed E-state index contributed by atoms with van der Waals surface area (Å²) in [6, 6.07) is 7.06. The van der Waals surface area contributed by atoms with E-state index in [0.717, 1.165) is 5.92 Å². The fraction of sp³-hybridized carbons (Fsp3) is 0.318. The predicted octanol–water partition coefficient (Wildman–Crippen LogP) is 2.79. The molecular weight excluding hydrogens is 424 g/mol. The van der Waals surface area contributed by atoms with Crippen molar-refractivity contribution in [1.29, 1.82) is 0 Å². The van der Waals surface area contributed by atoms with E-state index in [1.54, 1.807) is 38.3 Å². The Kier molecular flexibility index (Phi) is 6.11. The van der Waals surface area contributed by atoms with Gasteiger partial charge in [0.1, 0.15) is 17.5 Å². The second kappa shape index (κ2) is 9.15. The van der Waals surface area contributed by atoms with E-state index in [-0.39, 0.29) is 5.56 Å². The summed E-state index contributed by atoms with van der Waals surface area (Å²) < 4.78 is 8.53. The fourth-order valence-electron chi connectivity index (χ4n) is 3.26. The molecule has 0 bridgehead atoms. The van der Waals surface area contributed by atoms with Crippen molar-refractivity contribution in [2.45, 2.75) is 19.8 Å². The van der Waals surface area contributed by atoms with Gasteiger partial charge >= 0.3 is 0 Å². The SMILES string of the molecule is CC1CC1.COc1c(Nc2cc(NC=O)nc3[nH]n(C)c(=O)c23)cccc1-c1ncn(C)n1. The Balaban J connectivity index is 0.000000586. The van der Waals surface area contributed by atoms with Crippen LogP contribution in [0.4, 0.5) is 17.2 Å². The van der Waals surface area contributed by atoms with Gasteiger partial charge in [0.2, 0.25) is 6.41 Å². The second-order valence-corrected chi connectivity index (χ2v) is 7.95. The number of fused-ring (bicyclic) bond motifs is 1. The number of aromatic nitrogens is 6. The van der Waals surface area contributed by atoms with Crippen LogP contribution in [-0.4, -0.2) is 43.0 Å². The minimum atomic E-state index is -0.255. The van der Waals surface area contributed by atoms with Crippen molar-refractivity contribution in [2.75, 3.05) is 17.7 Å². The number of rotatable bonds is 6. The number of amides is 1. The van der Waals surface area contributed by atoms with E-state index >= 15 is 0 Å². The van der Waals surface area contributed by atoms with Crippen molar-refractivity contribution >= 4 is 34.6 Å². The van der Waals surface area contributed by atoms with E-state index < -0.39 is 0 Å². The first kappa shape index (κ1) is 22.1. The number of pyridine rings is 1. The molecule has 3 aromatic heterocycles. The number of hydrogen-bond donors (Lipinski definition) is 3. The molecule has 4 aromatic rings. The van der Waals surface area contributed by atoms with Crippen LogP contribution in [0, 0.1) is 5.92 Å². The van der Waals surface area contributed by atoms with E-state index in [1.165, 1.54) is 17.5 Å². The Hall–Kier alpha value is -4.15. The zero-order valence-corrected chi connectivity index (χ0v) is 18.9. The Morgan fingerprint density at radius 2 is 2.00 bits per heavy atom. The van der Waals surface area contributed by atoms with Crippen LogP contribution in [0.3, 0.4) is 0 Å². The van der Waals surface area contributed by atoms with Crippen LogP contribution in [0.25, 0.3) is 22.4 Å². The van der Waals surface area contributed by atoms with Crippen LogP contribution in [0.2, 0.25) is 0 Å². The average molecular weight is 451 g/mol. The quantitative estimate of drug-likeness (QED) is 0.385. The topological polar surface area (TPSA) is 132 Å². The largest absolute Gasteiger partial charge is 0.494 e. The Morgan fingerprint density at radius 3 is 2.61 bits per heavy atom. The number of hydrogen-bond acceptors (Lipinski definition) is 7. The number of anilines is 3. The van der Waals surface area contributed by atoms with Crippen LogP contribution < -0.4 is 20.9 Å². The Morgan fingerprint density at radius 1 is 1.24 bits per heavy atom. The number of methoxy groups -OCH3 is 1. The number of H-pyrrole nitrogens is 1. The summed E-state index contributed by atoms with van der Waals surface area (Å²) in [6.07, 6.45) is 5.09. The van der Waals surface area contributed by atoms with Crippen LogP contribution >= 0.6 is 0 Å². The lowest BCUT2D eigenvalue weighted by molar-refractivity contribution is -0.105. The van der Waals surface area contributed by atoms with Gasteiger partial charge in [-0.05, 0) is 18.1 Å². The number of nitrogens with one attached hydrogen (secondary N) is 3. The Labute approximate surface area is 189 Å². The first-order valence-corrected chi connectivity index (χ1v) is 10.5. The van der Waals surface area contributed by atoms with Gasteiger partial charge < -0.3 is 15.4 Å². The molecular formula is C22H26N8O3. The fourth-order valence-corrected chi connectivity index (χ4v) is 3.26. The monoisotopic (exact) mass is 450 g/mol. The van der Waals surface area contributed by atoms with Crippen LogP contribution in [0.15, 0.2) is 35.4 Å². The first-order chi connectivity index (χ1) is 15.9. The standard InChI is InChI=1S/C18H18N8O3.C4H8/c1-25-8-19-16(23-25)10-5-4-6-11(15(10)29-3)21-12-7-13(20-9-27)22-17-14(12)18(28)26(2)24-17;1-4-2-3-4/h4-9H,1-3H3,(H3,20,21,22,24,27);4H,2-3H2,1H3. The molecule has 1 saturated carbocycles. The number of aromatic amines is 1. The highest BCUT2D eigenvalue weighted by Gasteiger charge is 2.18. The summed E-state index contributed by atoms with van der Waals surface area (Å²) in [7, 11) is 4.92. The van der Waals surface area contributed by atoms with E-state index in [2.05, 4.69) is 37.7 Å². The number of aryl methyl sites for hydroxylation is 2. The number of carbonyl (C=O) groups is 1. The lowest BCUT2D eigenvalue weighted by Gasteiger charge is -2.14. The van der Waals surface area contributed by atoms with Crippen LogP contribution in [0.1, 0.15) is 19.8 Å². The third-order valence-electron chi connectivity index (χ3n) is 5.21. The maximum atomic E-state index is 12.6. The Bertz CT molecular complexity index is 1350. The highest BCUT2D eigenvalue weighted by Crippen LogP contribution is 2.37. The summed E-state index contributed by atoms with van der Waals surface area (Å²) in [5.74, 6) is 2.40. The zero-order valence-electron chi connectivity index (χ0n) is 18.9. The molecule has 1 amide bonds. The van der Waals surface area contributed by atoms with Crippen molar-refractivity contribution in [1.82, 2.24) is 29.5 Å². The number of benzene rings is 1. The van der Waals surface area contributed by atoms with Gasteiger partial charge in [0.05, 0.1) is 24.0 Å². The van der Waals surface area contributed by atoms with E-state index in [4.69, 9.17) is 4.74 Å². The minimum absolute atomic E-state index is 0.255. The van der Waals surface area contributed by atoms with Crippen molar-refractivity contribution in [3.8, 4) is 17.1 Å². The predicted molar refractivity (Wildman–Crippen MR) is 126 cm³/mol. The van der Waals surface area contributed by atoms with Crippen molar-refractivity contribution < 1.29 is 9.53 Å². The molecule has 11 heteroatoms. The molecule has 0 radical (unpaired) electrons. The molecule has 11 nitrogen and oxygen atoms in total. The normalized spacial score (nSPS) is 12.7. The average Bonchev–Trinajstić information content (AvgIpc) is 3.36. The maximum absolute atomic E-state index is 12.6. The lowest BCUT2D eigenvalue weighted by Crippen LogP contribution is -2.12. The molecule has 3 N–H and O–H groups in total. The molecule has 172 valence electrons. The summed E-state index contributed by atoms with van der Waals surface area (Å²) in [6.45, 7) is 2.28. The molecule has 1 aromatic carbocycles. The number of para-hydroxylation sites is 1. The number of ether oxygens (including phenoxy) is 1. The van der Waals surface area contributed by atoms with Crippen molar-refractivity contribution in [2.24, 2.45) is 20.0 Å². The molecule has 1 aliphatic carbocycles. The molecule has 5 rings (SSSR count). The summed E-state index contributed by atoms with van der Waals surface area (Å²) >= 11 is 0. The van der Waals surface area contributed by atoms with Gasteiger partial charge in [-0.2, -0.15) is 5.10 Å². The number of carbonyl (C=O) groups excluding carboxylic acids is 1. The first-order valence-electron chi connectivity index (χ1n) is 10.5. The molecule has 1 aliphatic rings. The van der Waals surface area contributed by atoms with Gasteiger partial charge in [-0.3, -0.25) is 24.1 Å². The molecule has 0 saturated heterocycles. The third-order valence-corrected chi connectivity index (χ3v) is 5.21. The van der Waals surface area contributed by atoms with E-state index in [0.29, 0.717) is 51.8 Å². The van der Waals surface area contributed by atoms with Crippen molar-refractivity contribution in [3.05, 3.63) is 40.9 Å². The highest BCUT2D eigenvalue weighted by atomic mass is 16.5. The molecule has 0 unspecified atom stereocenters. The van der Waals surface area contributed by atoms with Gasteiger partial charge in [0.15, 0.2) is 17.2 Å². The minimum Gasteiger partial charge on any atom is -0.494 e. The molecule has 3 heterocycles. The molecule has 0 spiro atoms. The van der Waals surface area contributed by atoms with Gasteiger partial charge in [-0.15, -0.1) is 0 Å². The zero-order chi connectivity index (χ0) is 23.5. The van der Waals surface area contributed by atoms with Crippen LogP contribution in [-0.2, 0) is 18.9 Å². The number of nitrogens with zero attached hydrogens (tertiary/aromatic N) is 5. The summed E-state index contributed by atoms with van der Waals surface area (Å²) in [5.41, 5.74) is 1.84. The van der Waals surface area contributed by atoms with E-state index in [1.807, 2.05) is 18.2 Å². The highest BCUT2D eigenvalue weighted by molar-refractivity contribution is 5.94.